The first kappa shape index (κ1) is 33.5. The number of aliphatic carboxylic acids is 1. The molecule has 0 unspecified atom stereocenters. The predicted molar refractivity (Wildman–Crippen MR) is 140 cm³/mol. The number of carbonyl (C=O) groups is 3. The third-order valence-electron chi connectivity index (χ3n) is 4.84. The van der Waals surface area contributed by atoms with Crippen LogP contribution in [0.25, 0.3) is 0 Å². The highest BCUT2D eigenvalue weighted by molar-refractivity contribution is 7.89. The van der Waals surface area contributed by atoms with Gasteiger partial charge in [0, 0.05) is 25.5 Å². The normalized spacial score (nSPS) is 11.2. The Morgan fingerprint density at radius 3 is 1.95 bits per heavy atom. The molecule has 0 fully saturated rings. The van der Waals surface area contributed by atoms with Gasteiger partial charge >= 0.3 is 5.97 Å². The lowest BCUT2D eigenvalue weighted by Gasteiger charge is -2.09. The number of rotatable bonds is 21. The van der Waals surface area contributed by atoms with Gasteiger partial charge in [-0.3, -0.25) is 9.59 Å². The van der Waals surface area contributed by atoms with E-state index in [1.165, 1.54) is 36.7 Å². The minimum atomic E-state index is -3.82. The van der Waals surface area contributed by atoms with Gasteiger partial charge in [0.15, 0.2) is 0 Å². The van der Waals surface area contributed by atoms with Crippen molar-refractivity contribution in [1.29, 1.82) is 0 Å². The first-order chi connectivity index (χ1) is 19.7. The van der Waals surface area contributed by atoms with Crippen LogP contribution in [0, 0.1) is 0 Å². The van der Waals surface area contributed by atoms with E-state index < -0.39 is 21.9 Å². The minimum Gasteiger partial charge on any atom is -0.508 e. The highest BCUT2D eigenvalue weighted by Gasteiger charge is 2.15. The molecule has 0 aliphatic rings. The number of phenolic OH excluding ortho intramolecular Hbond substituents is 1. The van der Waals surface area contributed by atoms with Gasteiger partial charge in [0.05, 0.1) is 56.6 Å². The minimum absolute atomic E-state index is 0.0244. The smallest absolute Gasteiger partial charge is 0.329 e. The summed E-state index contributed by atoms with van der Waals surface area (Å²) in [7, 11) is -3.82. The van der Waals surface area contributed by atoms with Crippen LogP contribution in [0.15, 0.2) is 41.6 Å². The molecule has 1 aromatic heterocycles. The van der Waals surface area contributed by atoms with Crippen LogP contribution < -0.4 is 15.4 Å². The van der Waals surface area contributed by atoms with Crippen LogP contribution in [-0.4, -0.2) is 112 Å². The van der Waals surface area contributed by atoms with Gasteiger partial charge in [-0.05, 0) is 24.3 Å². The molecule has 41 heavy (non-hydrogen) atoms. The number of aromatic nitrogens is 2. The van der Waals surface area contributed by atoms with Crippen molar-refractivity contribution >= 4 is 27.8 Å². The standard InChI is InChI=1S/C24H33N5O11S/c30-19-1-3-20(4-2-19)41(35,36)29-15-21-27-13-18(14-28-21)24(34)26-6-8-38-9-11-39-16-22(31)25-5-7-37-10-12-40-17-23(32)33/h1-4,13-14,29-30H,5-12,15-17H2,(H,25,31)(H,26,34)(H,32,33). The van der Waals surface area contributed by atoms with Gasteiger partial charge in [-0.15, -0.1) is 0 Å². The first-order valence-corrected chi connectivity index (χ1v) is 13.8. The van der Waals surface area contributed by atoms with Gasteiger partial charge in [-0.25, -0.2) is 27.9 Å². The third-order valence-corrected chi connectivity index (χ3v) is 6.26. The summed E-state index contributed by atoms with van der Waals surface area (Å²) in [4.78, 5) is 42.1. The van der Waals surface area contributed by atoms with Gasteiger partial charge in [0.2, 0.25) is 15.9 Å². The Labute approximate surface area is 236 Å². The lowest BCUT2D eigenvalue weighted by atomic mass is 10.3. The molecule has 1 heterocycles. The Balaban J connectivity index is 1.49. The summed E-state index contributed by atoms with van der Waals surface area (Å²) in [5.41, 5.74) is 0.182. The van der Waals surface area contributed by atoms with Crippen LogP contribution in [0.4, 0.5) is 0 Å². The second kappa shape index (κ2) is 18.6. The molecule has 2 amide bonds. The van der Waals surface area contributed by atoms with Crippen molar-refractivity contribution < 1.29 is 52.0 Å². The largest absolute Gasteiger partial charge is 0.508 e. The lowest BCUT2D eigenvalue weighted by Crippen LogP contribution is -2.31. The molecule has 0 radical (unpaired) electrons. The molecular formula is C24H33N5O11S. The molecule has 0 spiro atoms. The Morgan fingerprint density at radius 1 is 0.780 bits per heavy atom. The van der Waals surface area contributed by atoms with Gasteiger partial charge in [-0.1, -0.05) is 0 Å². The molecule has 16 nitrogen and oxygen atoms in total. The number of ether oxygens (including phenoxy) is 4. The number of hydrogen-bond donors (Lipinski definition) is 5. The number of nitrogens with zero attached hydrogens (tertiary/aromatic N) is 2. The molecule has 2 rings (SSSR count). The summed E-state index contributed by atoms with van der Waals surface area (Å²) in [5, 5.41) is 22.9. The van der Waals surface area contributed by atoms with Gasteiger partial charge in [-0.2, -0.15) is 0 Å². The van der Waals surface area contributed by atoms with Crippen LogP contribution in [0.5, 0.6) is 5.75 Å². The Bertz CT molecular complexity index is 1200. The molecule has 5 N–H and O–H groups in total. The second-order valence-corrected chi connectivity index (χ2v) is 9.80. The maximum absolute atomic E-state index is 12.3. The fourth-order valence-corrected chi connectivity index (χ4v) is 3.83. The molecule has 0 saturated heterocycles. The van der Waals surface area contributed by atoms with E-state index in [-0.39, 0.29) is 100 Å². The number of sulfonamides is 1. The summed E-state index contributed by atoms with van der Waals surface area (Å²) in [6.07, 6.45) is 2.55. The number of nitrogens with one attached hydrogen (secondary N) is 3. The summed E-state index contributed by atoms with van der Waals surface area (Å²) in [5.74, 6) is -1.71. The maximum Gasteiger partial charge on any atom is 0.329 e. The number of benzene rings is 1. The van der Waals surface area contributed by atoms with Crippen LogP contribution in [-0.2, 0) is 45.1 Å². The highest BCUT2D eigenvalue weighted by atomic mass is 32.2. The number of phenols is 1. The molecule has 2 aromatic rings. The lowest BCUT2D eigenvalue weighted by molar-refractivity contribution is -0.142. The monoisotopic (exact) mass is 599 g/mol. The van der Waals surface area contributed by atoms with Crippen molar-refractivity contribution in [2.45, 2.75) is 11.4 Å². The zero-order valence-corrected chi connectivity index (χ0v) is 22.9. The Kier molecular flexibility index (Phi) is 15.2. The summed E-state index contributed by atoms with van der Waals surface area (Å²) in [6, 6.07) is 5.04. The predicted octanol–water partition coefficient (Wildman–Crippen LogP) is -1.34. The SMILES string of the molecule is O=C(O)COCCOCCNC(=O)COCCOCCNC(=O)c1cnc(CNS(=O)(=O)c2ccc(O)cc2)nc1. The topological polar surface area (TPSA) is 225 Å². The van der Waals surface area contributed by atoms with E-state index >= 15 is 0 Å². The van der Waals surface area contributed by atoms with Crippen molar-refractivity contribution in [1.82, 2.24) is 25.3 Å². The number of carboxylic acid groups (broad SMARTS) is 1. The van der Waals surface area contributed by atoms with Crippen molar-refractivity contribution in [2.24, 2.45) is 0 Å². The zero-order valence-electron chi connectivity index (χ0n) is 22.1. The maximum atomic E-state index is 12.3. The number of amides is 2. The van der Waals surface area contributed by atoms with E-state index in [4.69, 9.17) is 24.1 Å². The van der Waals surface area contributed by atoms with Gasteiger partial charge in [0.25, 0.3) is 5.91 Å². The van der Waals surface area contributed by atoms with Crippen LogP contribution >= 0.6 is 0 Å². The van der Waals surface area contributed by atoms with E-state index in [2.05, 4.69) is 25.3 Å². The summed E-state index contributed by atoms with van der Waals surface area (Å²) in [6.45, 7) is 0.928. The van der Waals surface area contributed by atoms with E-state index in [0.717, 1.165) is 0 Å². The average Bonchev–Trinajstić information content (AvgIpc) is 2.95. The fraction of sp³-hybridized carbons (Fsp3) is 0.458. The molecule has 0 aliphatic carbocycles. The molecule has 0 bridgehead atoms. The average molecular weight is 600 g/mol. The molecule has 226 valence electrons. The molecule has 17 heteroatoms. The van der Waals surface area contributed by atoms with Crippen LogP contribution in [0.3, 0.4) is 0 Å². The number of aromatic hydroxyl groups is 1. The van der Waals surface area contributed by atoms with Gasteiger partial charge in [0.1, 0.15) is 24.8 Å². The molecular weight excluding hydrogens is 566 g/mol. The van der Waals surface area contributed by atoms with Crippen molar-refractivity contribution in [3.05, 3.63) is 48.0 Å². The quantitative estimate of drug-likeness (QED) is 0.105. The number of hydrogen-bond acceptors (Lipinski definition) is 12. The van der Waals surface area contributed by atoms with E-state index in [1.807, 2.05) is 0 Å². The molecule has 0 saturated carbocycles. The van der Waals surface area contributed by atoms with E-state index in [0.29, 0.717) is 0 Å². The van der Waals surface area contributed by atoms with E-state index in [9.17, 15) is 27.9 Å². The van der Waals surface area contributed by atoms with Crippen molar-refractivity contribution in [3.8, 4) is 5.75 Å². The van der Waals surface area contributed by atoms with Crippen LogP contribution in [0.2, 0.25) is 0 Å². The zero-order chi connectivity index (χ0) is 29.9. The molecule has 0 atom stereocenters. The summed E-state index contributed by atoms with van der Waals surface area (Å²) >= 11 is 0. The second-order valence-electron chi connectivity index (χ2n) is 8.04. The third kappa shape index (κ3) is 14.5. The fourth-order valence-electron chi connectivity index (χ4n) is 2.85. The van der Waals surface area contributed by atoms with Crippen LogP contribution in [0.1, 0.15) is 16.2 Å². The Morgan fingerprint density at radius 2 is 1.34 bits per heavy atom. The molecule has 1 aromatic carbocycles. The number of carbonyl (C=O) groups excluding carboxylic acids is 2. The van der Waals surface area contributed by atoms with Crippen molar-refractivity contribution in [2.75, 3.05) is 65.9 Å². The Hall–Kier alpha value is -3.74. The van der Waals surface area contributed by atoms with Gasteiger partial charge < -0.3 is 39.8 Å². The molecule has 0 aliphatic heterocycles. The number of carboxylic acids is 1. The van der Waals surface area contributed by atoms with E-state index in [1.54, 1.807) is 0 Å². The first-order valence-electron chi connectivity index (χ1n) is 12.3. The van der Waals surface area contributed by atoms with Crippen molar-refractivity contribution in [3.63, 3.8) is 0 Å². The highest BCUT2D eigenvalue weighted by Crippen LogP contribution is 2.14. The summed E-state index contributed by atoms with van der Waals surface area (Å²) < 4.78 is 47.4.